The van der Waals surface area contributed by atoms with E-state index < -0.39 is 33.9 Å². The van der Waals surface area contributed by atoms with Gasteiger partial charge in [-0.1, -0.05) is 30.3 Å². The second-order valence-corrected chi connectivity index (χ2v) is 9.54. The summed E-state index contributed by atoms with van der Waals surface area (Å²) in [5.41, 5.74) is 1.79. The zero-order valence-electron chi connectivity index (χ0n) is 16.9. The molecule has 0 radical (unpaired) electrons. The van der Waals surface area contributed by atoms with Crippen molar-refractivity contribution in [3.63, 3.8) is 0 Å². The van der Waals surface area contributed by atoms with Crippen molar-refractivity contribution in [2.45, 2.75) is 37.8 Å². The van der Waals surface area contributed by atoms with E-state index in [1.807, 2.05) is 12.1 Å². The van der Waals surface area contributed by atoms with Gasteiger partial charge in [0.1, 0.15) is 11.6 Å². The van der Waals surface area contributed by atoms with Gasteiger partial charge in [-0.25, -0.2) is 21.9 Å². The molecule has 2 heterocycles. The van der Waals surface area contributed by atoms with Crippen molar-refractivity contribution >= 4 is 15.9 Å². The molecule has 1 N–H and O–H groups in total. The number of amides is 1. The van der Waals surface area contributed by atoms with Crippen molar-refractivity contribution in [1.29, 1.82) is 0 Å². The van der Waals surface area contributed by atoms with Crippen LogP contribution in [-0.4, -0.2) is 50.5 Å². The van der Waals surface area contributed by atoms with E-state index in [0.717, 1.165) is 5.56 Å². The standard InChI is InChI=1S/C22H24F2N2O4S/c23-14-31(28,29)25-18-7-3-10-26-19(18)13-15-4-1-5-16(12-15)22-17(24)6-2-8-20(22)30-11-9-21(26)27/h1-2,4-6,8,12,18-19,25H,3,7,9-11,13-14H2/t18-,19-/m0/s1. The van der Waals surface area contributed by atoms with Crippen LogP contribution in [0.25, 0.3) is 11.1 Å². The summed E-state index contributed by atoms with van der Waals surface area (Å²) in [7, 11) is -4.08. The number of halogens is 2. The molecule has 2 aromatic carbocycles. The summed E-state index contributed by atoms with van der Waals surface area (Å²) in [6.45, 7) is 0.557. The van der Waals surface area contributed by atoms with Crippen LogP contribution in [0, 0.1) is 5.82 Å². The predicted octanol–water partition coefficient (Wildman–Crippen LogP) is 3.02. The SMILES string of the molecule is O=C1CCOc2cccc(F)c2-c2cccc(c2)C[C@H]2[C@@H](NS(=O)(=O)CF)CCCN12. The van der Waals surface area contributed by atoms with Gasteiger partial charge in [-0.3, -0.25) is 4.79 Å². The summed E-state index contributed by atoms with van der Waals surface area (Å²) in [5.74, 6) is -0.232. The van der Waals surface area contributed by atoms with E-state index in [0.29, 0.717) is 42.7 Å². The van der Waals surface area contributed by atoms with Crippen molar-refractivity contribution in [3.8, 4) is 16.9 Å². The molecule has 9 heteroatoms. The number of carbonyl (C=O) groups excluding carboxylic acids is 1. The Morgan fingerprint density at radius 1 is 1.19 bits per heavy atom. The molecular formula is C22H24F2N2O4S. The summed E-state index contributed by atoms with van der Waals surface area (Å²) in [6.07, 6.45) is 1.55. The molecule has 2 aliphatic heterocycles. The lowest BCUT2D eigenvalue weighted by Crippen LogP contribution is -2.58. The molecule has 166 valence electrons. The first-order valence-corrected chi connectivity index (χ1v) is 11.9. The van der Waals surface area contributed by atoms with Crippen molar-refractivity contribution in [2.24, 2.45) is 0 Å². The average molecular weight is 451 g/mol. The molecule has 0 spiro atoms. The maximum Gasteiger partial charge on any atom is 0.241 e. The van der Waals surface area contributed by atoms with Crippen LogP contribution in [0.2, 0.25) is 0 Å². The van der Waals surface area contributed by atoms with Gasteiger partial charge in [-0.05, 0) is 42.5 Å². The molecule has 0 unspecified atom stereocenters. The second kappa shape index (κ2) is 8.92. The first-order chi connectivity index (χ1) is 14.9. The lowest BCUT2D eigenvalue weighted by Gasteiger charge is -2.42. The minimum atomic E-state index is -4.08. The first kappa shape index (κ1) is 21.7. The molecule has 2 aliphatic rings. The lowest BCUT2D eigenvalue weighted by molar-refractivity contribution is -0.136. The maximum absolute atomic E-state index is 14.7. The fourth-order valence-corrected chi connectivity index (χ4v) is 5.21. The monoisotopic (exact) mass is 450 g/mol. The first-order valence-electron chi connectivity index (χ1n) is 10.2. The number of ether oxygens (including phenoxy) is 1. The minimum Gasteiger partial charge on any atom is -0.492 e. The molecular weight excluding hydrogens is 426 g/mol. The van der Waals surface area contributed by atoms with Gasteiger partial charge in [0.2, 0.25) is 21.9 Å². The van der Waals surface area contributed by atoms with Gasteiger partial charge in [0, 0.05) is 12.6 Å². The number of nitrogens with one attached hydrogen (secondary N) is 1. The van der Waals surface area contributed by atoms with Crippen molar-refractivity contribution in [3.05, 3.63) is 53.8 Å². The number of hydrogen-bond donors (Lipinski definition) is 1. The number of nitrogens with zero attached hydrogens (tertiary/aromatic N) is 1. The number of carbonyl (C=O) groups is 1. The van der Waals surface area contributed by atoms with Crippen LogP contribution in [0.1, 0.15) is 24.8 Å². The van der Waals surface area contributed by atoms with Crippen molar-refractivity contribution < 1.29 is 26.7 Å². The van der Waals surface area contributed by atoms with Gasteiger partial charge in [-0.2, -0.15) is 0 Å². The summed E-state index contributed by atoms with van der Waals surface area (Å²) >= 11 is 0. The third-order valence-electron chi connectivity index (χ3n) is 5.78. The van der Waals surface area contributed by atoms with Crippen LogP contribution in [0.5, 0.6) is 5.75 Å². The summed E-state index contributed by atoms with van der Waals surface area (Å²) < 4.78 is 59.6. The topological polar surface area (TPSA) is 75.7 Å². The van der Waals surface area contributed by atoms with E-state index in [4.69, 9.17) is 4.74 Å². The highest BCUT2D eigenvalue weighted by Gasteiger charge is 2.36. The van der Waals surface area contributed by atoms with E-state index in [1.165, 1.54) is 6.07 Å². The van der Waals surface area contributed by atoms with Gasteiger partial charge in [0.05, 0.1) is 24.6 Å². The van der Waals surface area contributed by atoms with E-state index in [1.54, 1.807) is 29.2 Å². The molecule has 1 saturated heterocycles. The van der Waals surface area contributed by atoms with Crippen LogP contribution >= 0.6 is 0 Å². The van der Waals surface area contributed by atoms with E-state index >= 15 is 0 Å². The molecule has 0 aliphatic carbocycles. The normalized spacial score (nSPS) is 21.9. The molecule has 0 aromatic heterocycles. The smallest absolute Gasteiger partial charge is 0.241 e. The number of piperidine rings is 1. The molecule has 2 bridgehead atoms. The number of benzene rings is 2. The lowest BCUT2D eigenvalue weighted by atomic mass is 9.90. The largest absolute Gasteiger partial charge is 0.492 e. The van der Waals surface area contributed by atoms with E-state index in [9.17, 15) is 22.0 Å². The maximum atomic E-state index is 14.7. The van der Waals surface area contributed by atoms with Crippen molar-refractivity contribution in [1.82, 2.24) is 9.62 Å². The van der Waals surface area contributed by atoms with Gasteiger partial charge in [0.15, 0.2) is 0 Å². The third-order valence-corrected chi connectivity index (χ3v) is 6.73. The molecule has 2 aromatic rings. The fraction of sp³-hybridized carbons (Fsp3) is 0.409. The molecule has 1 fully saturated rings. The van der Waals surface area contributed by atoms with Crippen LogP contribution in [0.4, 0.5) is 8.78 Å². The van der Waals surface area contributed by atoms with Gasteiger partial charge >= 0.3 is 0 Å². The highest BCUT2D eigenvalue weighted by Crippen LogP contribution is 2.34. The molecule has 2 atom stereocenters. The third kappa shape index (κ3) is 4.72. The average Bonchev–Trinajstić information content (AvgIpc) is 2.74. The van der Waals surface area contributed by atoms with Crippen molar-refractivity contribution in [2.75, 3.05) is 19.2 Å². The molecule has 0 saturated carbocycles. The number of fused-ring (bicyclic) bond motifs is 5. The predicted molar refractivity (Wildman–Crippen MR) is 112 cm³/mol. The molecule has 31 heavy (non-hydrogen) atoms. The van der Waals surface area contributed by atoms with Crippen LogP contribution in [0.15, 0.2) is 42.5 Å². The van der Waals surface area contributed by atoms with Gasteiger partial charge < -0.3 is 9.64 Å². The number of sulfonamides is 1. The molecule has 1 amide bonds. The van der Waals surface area contributed by atoms with Crippen LogP contribution in [-0.2, 0) is 21.2 Å². The molecule has 6 nitrogen and oxygen atoms in total. The number of alkyl halides is 1. The van der Waals surface area contributed by atoms with Gasteiger partial charge in [-0.15, -0.1) is 0 Å². The number of rotatable bonds is 3. The quantitative estimate of drug-likeness (QED) is 0.780. The summed E-state index contributed by atoms with van der Waals surface area (Å²) in [5, 5.41) is 0. The Morgan fingerprint density at radius 3 is 2.81 bits per heavy atom. The Kier molecular flexibility index (Phi) is 6.24. The molecule has 4 rings (SSSR count). The van der Waals surface area contributed by atoms with E-state index in [2.05, 4.69) is 4.72 Å². The number of hydrogen-bond acceptors (Lipinski definition) is 4. The highest BCUT2D eigenvalue weighted by atomic mass is 32.2. The Bertz CT molecular complexity index is 1080. The zero-order chi connectivity index (χ0) is 22.0. The fourth-order valence-electron chi connectivity index (χ4n) is 4.41. The van der Waals surface area contributed by atoms with E-state index in [-0.39, 0.29) is 18.9 Å². The Labute approximate surface area is 180 Å². The Balaban J connectivity index is 1.76. The second-order valence-electron chi connectivity index (χ2n) is 7.86. The highest BCUT2D eigenvalue weighted by molar-refractivity contribution is 7.89. The Morgan fingerprint density at radius 2 is 2.00 bits per heavy atom. The van der Waals surface area contributed by atoms with Crippen LogP contribution in [0.3, 0.4) is 0 Å². The summed E-state index contributed by atoms with van der Waals surface area (Å²) in [4.78, 5) is 14.6. The summed E-state index contributed by atoms with van der Waals surface area (Å²) in [6, 6.07) is 9.27. The Hall–Kier alpha value is -2.52. The van der Waals surface area contributed by atoms with Crippen LogP contribution < -0.4 is 9.46 Å². The van der Waals surface area contributed by atoms with Gasteiger partial charge in [0.25, 0.3) is 0 Å². The minimum absolute atomic E-state index is 0.0685. The zero-order valence-corrected chi connectivity index (χ0v) is 17.7.